The average molecular weight is 425 g/mol. The van der Waals surface area contributed by atoms with E-state index in [0.29, 0.717) is 13.0 Å². The first-order valence-corrected chi connectivity index (χ1v) is 11.0. The number of nitrogens with one attached hydrogen (secondary N) is 1. The van der Waals surface area contributed by atoms with E-state index in [-0.39, 0.29) is 42.2 Å². The Labute approximate surface area is 182 Å². The summed E-state index contributed by atoms with van der Waals surface area (Å²) in [7, 11) is 1.50. The highest BCUT2D eigenvalue weighted by molar-refractivity contribution is 5.81. The Bertz CT molecular complexity index is 944. The minimum atomic E-state index is -0.267. The number of halogens is 1. The Morgan fingerprint density at radius 3 is 2.52 bits per heavy atom. The van der Waals surface area contributed by atoms with Gasteiger partial charge in [0.2, 0.25) is 11.8 Å². The molecule has 1 N–H and O–H groups in total. The molecule has 1 aliphatic carbocycles. The molecule has 1 aliphatic heterocycles. The molecule has 2 fully saturated rings. The van der Waals surface area contributed by atoms with E-state index in [2.05, 4.69) is 5.32 Å². The number of amides is 2. The van der Waals surface area contributed by atoms with Gasteiger partial charge in [-0.15, -0.1) is 0 Å². The molecule has 2 amide bonds. The van der Waals surface area contributed by atoms with Crippen LogP contribution in [-0.4, -0.2) is 49.1 Å². The Morgan fingerprint density at radius 2 is 1.84 bits per heavy atom. The minimum absolute atomic E-state index is 0.00878. The van der Waals surface area contributed by atoms with Crippen LogP contribution < -0.4 is 5.32 Å². The number of carbonyl (C=O) groups is 2. The van der Waals surface area contributed by atoms with Crippen molar-refractivity contribution >= 4 is 11.8 Å². The summed E-state index contributed by atoms with van der Waals surface area (Å²) in [5.74, 6) is -0.101. The van der Waals surface area contributed by atoms with Crippen LogP contribution in [0.25, 0.3) is 11.1 Å². The van der Waals surface area contributed by atoms with Gasteiger partial charge in [0.25, 0.3) is 0 Å². The van der Waals surface area contributed by atoms with E-state index in [0.717, 1.165) is 42.4 Å². The molecule has 5 nitrogen and oxygen atoms in total. The standard InChI is InChI=1S/C25H29FN2O3/c1-31-16-24(29)27-22-11-12-28(25(30)18-6-3-7-18)23(22)14-17-5-2-8-19(13-17)20-9-4-10-21(26)15-20/h2,4-5,8-10,13,15,18,22-23H,3,6-7,11-12,14,16H2,1H3,(H,27,29)/t22-,23-/m1/s1. The van der Waals surface area contributed by atoms with E-state index >= 15 is 0 Å². The number of benzene rings is 2. The third kappa shape index (κ3) is 4.96. The van der Waals surface area contributed by atoms with E-state index in [1.165, 1.54) is 19.2 Å². The smallest absolute Gasteiger partial charge is 0.246 e. The van der Waals surface area contributed by atoms with Gasteiger partial charge < -0.3 is 15.0 Å². The SMILES string of the molecule is COCC(=O)N[C@@H]1CCN(C(=O)C2CCC2)[C@@H]1Cc1cccc(-c2cccc(F)c2)c1. The fourth-order valence-corrected chi connectivity index (χ4v) is 4.60. The molecule has 164 valence electrons. The van der Waals surface area contributed by atoms with Crippen LogP contribution in [-0.2, 0) is 20.7 Å². The van der Waals surface area contributed by atoms with Crippen molar-refractivity contribution in [3.05, 3.63) is 59.9 Å². The Hall–Kier alpha value is -2.73. The van der Waals surface area contributed by atoms with E-state index in [9.17, 15) is 14.0 Å². The summed E-state index contributed by atoms with van der Waals surface area (Å²) in [4.78, 5) is 27.2. The van der Waals surface area contributed by atoms with E-state index < -0.39 is 0 Å². The molecular weight excluding hydrogens is 395 g/mol. The van der Waals surface area contributed by atoms with Gasteiger partial charge in [-0.25, -0.2) is 4.39 Å². The van der Waals surface area contributed by atoms with Crippen LogP contribution in [0.3, 0.4) is 0 Å². The highest BCUT2D eigenvalue weighted by atomic mass is 19.1. The van der Waals surface area contributed by atoms with Crippen LogP contribution >= 0.6 is 0 Å². The van der Waals surface area contributed by atoms with Gasteiger partial charge in [-0.3, -0.25) is 9.59 Å². The lowest BCUT2D eigenvalue weighted by Gasteiger charge is -2.34. The summed E-state index contributed by atoms with van der Waals surface area (Å²) >= 11 is 0. The zero-order valence-corrected chi connectivity index (χ0v) is 17.9. The first-order chi connectivity index (χ1) is 15.0. The maximum Gasteiger partial charge on any atom is 0.246 e. The average Bonchev–Trinajstić information content (AvgIpc) is 3.09. The quantitative estimate of drug-likeness (QED) is 0.739. The number of ether oxygens (including phenoxy) is 1. The first kappa shape index (κ1) is 21.5. The molecule has 2 aromatic carbocycles. The highest BCUT2D eigenvalue weighted by Gasteiger charge is 2.41. The lowest BCUT2D eigenvalue weighted by atomic mass is 9.84. The highest BCUT2D eigenvalue weighted by Crippen LogP contribution is 2.33. The summed E-state index contributed by atoms with van der Waals surface area (Å²) in [6.45, 7) is 0.663. The van der Waals surface area contributed by atoms with Crippen molar-refractivity contribution in [1.82, 2.24) is 10.2 Å². The van der Waals surface area contributed by atoms with Crippen LogP contribution in [0.1, 0.15) is 31.2 Å². The summed E-state index contributed by atoms with van der Waals surface area (Å²) in [6.07, 6.45) is 4.40. The van der Waals surface area contributed by atoms with Crippen LogP contribution in [0.5, 0.6) is 0 Å². The van der Waals surface area contributed by atoms with Crippen molar-refractivity contribution in [3.63, 3.8) is 0 Å². The van der Waals surface area contributed by atoms with E-state index in [4.69, 9.17) is 4.74 Å². The second kappa shape index (κ2) is 9.60. The van der Waals surface area contributed by atoms with Gasteiger partial charge in [0.1, 0.15) is 12.4 Å². The molecule has 2 atom stereocenters. The number of hydrogen-bond acceptors (Lipinski definition) is 3. The molecule has 31 heavy (non-hydrogen) atoms. The van der Waals surface area contributed by atoms with Crippen molar-refractivity contribution in [2.45, 2.75) is 44.2 Å². The third-order valence-corrected chi connectivity index (χ3v) is 6.43. The van der Waals surface area contributed by atoms with Gasteiger partial charge in [-0.05, 0) is 54.5 Å². The fourth-order valence-electron chi connectivity index (χ4n) is 4.60. The van der Waals surface area contributed by atoms with Gasteiger partial charge in [-0.2, -0.15) is 0 Å². The number of hydrogen-bond donors (Lipinski definition) is 1. The molecule has 2 aliphatic rings. The van der Waals surface area contributed by atoms with Crippen molar-refractivity contribution in [3.8, 4) is 11.1 Å². The largest absolute Gasteiger partial charge is 0.375 e. The molecule has 4 rings (SSSR count). The van der Waals surface area contributed by atoms with Crippen LogP contribution in [0.2, 0.25) is 0 Å². The Balaban J connectivity index is 1.56. The first-order valence-electron chi connectivity index (χ1n) is 11.0. The molecule has 0 aromatic heterocycles. The monoisotopic (exact) mass is 424 g/mol. The number of nitrogens with zero attached hydrogens (tertiary/aromatic N) is 1. The fraction of sp³-hybridized carbons (Fsp3) is 0.440. The molecular formula is C25H29FN2O3. The predicted octanol–water partition coefficient (Wildman–Crippen LogP) is 3.57. The van der Waals surface area contributed by atoms with E-state index in [1.807, 2.05) is 35.2 Å². The molecule has 0 unspecified atom stereocenters. The van der Waals surface area contributed by atoms with Crippen molar-refractivity contribution in [2.24, 2.45) is 5.92 Å². The van der Waals surface area contributed by atoms with Gasteiger partial charge in [-0.1, -0.05) is 42.8 Å². The zero-order valence-electron chi connectivity index (χ0n) is 17.9. The summed E-state index contributed by atoms with van der Waals surface area (Å²) in [5, 5.41) is 3.06. The number of likely N-dealkylation sites (tertiary alicyclic amines) is 1. The molecule has 0 spiro atoms. The molecule has 2 aromatic rings. The topological polar surface area (TPSA) is 58.6 Å². The summed E-state index contributed by atoms with van der Waals surface area (Å²) < 4.78 is 18.6. The Kier molecular flexibility index (Phi) is 6.66. The summed E-state index contributed by atoms with van der Waals surface area (Å²) in [6, 6.07) is 14.3. The zero-order chi connectivity index (χ0) is 21.8. The molecule has 0 radical (unpaired) electrons. The van der Waals surface area contributed by atoms with Crippen LogP contribution in [0.4, 0.5) is 4.39 Å². The van der Waals surface area contributed by atoms with Gasteiger partial charge in [0.05, 0.1) is 12.1 Å². The second-order valence-corrected chi connectivity index (χ2v) is 8.54. The van der Waals surface area contributed by atoms with Crippen molar-refractivity contribution in [2.75, 3.05) is 20.3 Å². The van der Waals surface area contributed by atoms with Crippen LogP contribution in [0, 0.1) is 11.7 Å². The maximum atomic E-state index is 13.7. The van der Waals surface area contributed by atoms with Crippen LogP contribution in [0.15, 0.2) is 48.5 Å². The normalized spacial score (nSPS) is 21.0. The Morgan fingerprint density at radius 1 is 1.10 bits per heavy atom. The number of carbonyl (C=O) groups excluding carboxylic acids is 2. The molecule has 1 saturated carbocycles. The lowest BCUT2D eigenvalue weighted by molar-refractivity contribution is -0.139. The van der Waals surface area contributed by atoms with Crippen molar-refractivity contribution in [1.29, 1.82) is 0 Å². The van der Waals surface area contributed by atoms with E-state index in [1.54, 1.807) is 6.07 Å². The second-order valence-electron chi connectivity index (χ2n) is 8.54. The number of methoxy groups -OCH3 is 1. The maximum absolute atomic E-state index is 13.7. The van der Waals surface area contributed by atoms with Gasteiger partial charge in [0, 0.05) is 19.6 Å². The number of rotatable bonds is 7. The lowest BCUT2D eigenvalue weighted by Crippen LogP contribution is -2.50. The van der Waals surface area contributed by atoms with Gasteiger partial charge in [0.15, 0.2) is 0 Å². The van der Waals surface area contributed by atoms with Crippen molar-refractivity contribution < 1.29 is 18.7 Å². The van der Waals surface area contributed by atoms with Gasteiger partial charge >= 0.3 is 0 Å². The molecule has 1 heterocycles. The molecule has 0 bridgehead atoms. The summed E-state index contributed by atoms with van der Waals surface area (Å²) in [5.41, 5.74) is 2.82. The molecule has 6 heteroatoms. The third-order valence-electron chi connectivity index (χ3n) is 6.43. The molecule has 1 saturated heterocycles. The predicted molar refractivity (Wildman–Crippen MR) is 117 cm³/mol. The minimum Gasteiger partial charge on any atom is -0.375 e.